The van der Waals surface area contributed by atoms with E-state index >= 15 is 0 Å². The zero-order valence-electron chi connectivity index (χ0n) is 11.6. The number of halogens is 2. The van der Waals surface area contributed by atoms with Crippen LogP contribution in [0.1, 0.15) is 16.8 Å². The number of rotatable bonds is 3. The Labute approximate surface area is 138 Å². The Balaban J connectivity index is 1.72. The average Bonchev–Trinajstić information content (AvgIpc) is 2.50. The van der Waals surface area contributed by atoms with Gasteiger partial charge in [0.15, 0.2) is 5.16 Å². The number of nitrogens with zero attached hydrogens (tertiary/aromatic N) is 3. The summed E-state index contributed by atoms with van der Waals surface area (Å²) in [6.45, 7) is 2.74. The fourth-order valence-electron chi connectivity index (χ4n) is 2.49. The molecule has 0 saturated heterocycles. The number of hydrogen-bond acceptors (Lipinski definition) is 4. The van der Waals surface area contributed by atoms with Crippen LogP contribution in [0.2, 0.25) is 10.0 Å². The molecule has 0 bridgehead atoms. The summed E-state index contributed by atoms with van der Waals surface area (Å²) in [5, 5.41) is 2.06. The highest BCUT2D eigenvalue weighted by molar-refractivity contribution is 7.98. The summed E-state index contributed by atoms with van der Waals surface area (Å²) < 4.78 is 0. The molecule has 0 aliphatic carbocycles. The monoisotopic (exact) mass is 339 g/mol. The van der Waals surface area contributed by atoms with Crippen LogP contribution in [0, 0.1) is 0 Å². The van der Waals surface area contributed by atoms with E-state index in [1.54, 1.807) is 11.8 Å². The summed E-state index contributed by atoms with van der Waals surface area (Å²) in [6.07, 6.45) is 4.92. The lowest BCUT2D eigenvalue weighted by molar-refractivity contribution is 0.242. The quantitative estimate of drug-likeness (QED) is 0.622. The molecule has 1 aromatic carbocycles. The Hall–Kier alpha value is -0.810. The van der Waals surface area contributed by atoms with Crippen molar-refractivity contribution in [2.75, 3.05) is 12.8 Å². The zero-order chi connectivity index (χ0) is 14.8. The smallest absolute Gasteiger partial charge is 0.187 e. The van der Waals surface area contributed by atoms with Crippen LogP contribution < -0.4 is 0 Å². The fourth-order valence-corrected chi connectivity index (χ4v) is 3.17. The summed E-state index contributed by atoms with van der Waals surface area (Å²) >= 11 is 13.6. The third-order valence-electron chi connectivity index (χ3n) is 3.56. The lowest BCUT2D eigenvalue weighted by Gasteiger charge is -2.28. The average molecular weight is 340 g/mol. The van der Waals surface area contributed by atoms with Crippen molar-refractivity contribution in [3.8, 4) is 0 Å². The predicted octanol–water partition coefficient (Wildman–Crippen LogP) is 4.06. The maximum atomic E-state index is 6.07. The van der Waals surface area contributed by atoms with E-state index in [2.05, 4.69) is 14.9 Å². The zero-order valence-corrected chi connectivity index (χ0v) is 14.0. The van der Waals surface area contributed by atoms with Gasteiger partial charge in [-0.05, 0) is 24.0 Å². The van der Waals surface area contributed by atoms with Gasteiger partial charge in [-0.1, -0.05) is 41.0 Å². The molecule has 0 amide bonds. The molecule has 3 nitrogen and oxygen atoms in total. The molecule has 0 fully saturated rings. The van der Waals surface area contributed by atoms with Crippen molar-refractivity contribution >= 4 is 35.0 Å². The van der Waals surface area contributed by atoms with Crippen LogP contribution in [0.4, 0.5) is 0 Å². The van der Waals surface area contributed by atoms with Gasteiger partial charge in [-0.3, -0.25) is 4.90 Å². The van der Waals surface area contributed by atoms with E-state index in [1.807, 2.05) is 30.7 Å². The van der Waals surface area contributed by atoms with E-state index in [9.17, 15) is 0 Å². The Bertz CT molecular complexity index is 663. The molecule has 6 heteroatoms. The second-order valence-corrected chi connectivity index (χ2v) is 6.63. The van der Waals surface area contributed by atoms with Gasteiger partial charge in [0.05, 0.1) is 15.7 Å². The van der Waals surface area contributed by atoms with Crippen molar-refractivity contribution in [1.82, 2.24) is 14.9 Å². The maximum absolute atomic E-state index is 6.07. The molecule has 2 aromatic rings. The highest BCUT2D eigenvalue weighted by Gasteiger charge is 2.18. The van der Waals surface area contributed by atoms with Crippen LogP contribution in [0.3, 0.4) is 0 Å². The number of aromatic nitrogens is 2. The van der Waals surface area contributed by atoms with Gasteiger partial charge in [0.2, 0.25) is 0 Å². The molecule has 2 heterocycles. The van der Waals surface area contributed by atoms with Crippen molar-refractivity contribution in [1.29, 1.82) is 0 Å². The van der Waals surface area contributed by atoms with Crippen molar-refractivity contribution in [2.24, 2.45) is 0 Å². The fraction of sp³-hybridized carbons (Fsp3) is 0.333. The first kappa shape index (κ1) is 15.1. The van der Waals surface area contributed by atoms with Gasteiger partial charge in [-0.25, -0.2) is 9.97 Å². The largest absolute Gasteiger partial charge is 0.294 e. The van der Waals surface area contributed by atoms with Crippen LogP contribution in [0.5, 0.6) is 0 Å². The van der Waals surface area contributed by atoms with Crippen LogP contribution in [0.15, 0.2) is 29.6 Å². The van der Waals surface area contributed by atoms with Crippen molar-refractivity contribution in [3.63, 3.8) is 0 Å². The molecule has 0 unspecified atom stereocenters. The van der Waals surface area contributed by atoms with Gasteiger partial charge < -0.3 is 0 Å². The van der Waals surface area contributed by atoms with Crippen LogP contribution in [-0.2, 0) is 19.5 Å². The normalized spacial score (nSPS) is 15.0. The van der Waals surface area contributed by atoms with Crippen LogP contribution in [0.25, 0.3) is 0 Å². The number of benzene rings is 1. The Morgan fingerprint density at radius 1 is 1.29 bits per heavy atom. The molecule has 0 saturated carbocycles. The number of fused-ring (bicyclic) bond motifs is 1. The standard InChI is InChI=1S/C15H15Cl2N3S/c1-21-15-18-7-11-9-20(5-4-14(11)19-15)8-10-2-3-12(16)13(17)6-10/h2-3,6-7H,4-5,8-9H2,1H3. The SMILES string of the molecule is CSc1ncc2c(n1)CCN(Cc1ccc(Cl)c(Cl)c1)C2. The summed E-state index contributed by atoms with van der Waals surface area (Å²) in [7, 11) is 0. The molecule has 1 aliphatic rings. The maximum Gasteiger partial charge on any atom is 0.187 e. The lowest BCUT2D eigenvalue weighted by atomic mass is 10.1. The van der Waals surface area contributed by atoms with Crippen LogP contribution >= 0.6 is 35.0 Å². The Morgan fingerprint density at radius 2 is 2.14 bits per heavy atom. The third-order valence-corrected chi connectivity index (χ3v) is 4.86. The van der Waals surface area contributed by atoms with Gasteiger partial charge in [-0.2, -0.15) is 0 Å². The van der Waals surface area contributed by atoms with Gasteiger partial charge in [0.1, 0.15) is 0 Å². The summed E-state index contributed by atoms with van der Waals surface area (Å²) in [5.74, 6) is 0. The molecular formula is C15H15Cl2N3S. The van der Waals surface area contributed by atoms with E-state index in [-0.39, 0.29) is 0 Å². The van der Waals surface area contributed by atoms with E-state index in [0.717, 1.165) is 31.2 Å². The highest BCUT2D eigenvalue weighted by atomic mass is 35.5. The first-order valence-corrected chi connectivity index (χ1v) is 8.69. The molecule has 1 aromatic heterocycles. The predicted molar refractivity (Wildman–Crippen MR) is 88.1 cm³/mol. The Morgan fingerprint density at radius 3 is 2.90 bits per heavy atom. The summed E-state index contributed by atoms with van der Waals surface area (Å²) in [4.78, 5) is 11.3. The topological polar surface area (TPSA) is 29.0 Å². The molecular weight excluding hydrogens is 325 g/mol. The molecule has 21 heavy (non-hydrogen) atoms. The van der Waals surface area contributed by atoms with Crippen LogP contribution in [-0.4, -0.2) is 27.7 Å². The molecule has 0 N–H and O–H groups in total. The van der Waals surface area contributed by atoms with Crippen molar-refractivity contribution in [2.45, 2.75) is 24.7 Å². The summed E-state index contributed by atoms with van der Waals surface area (Å²) in [6, 6.07) is 5.81. The minimum Gasteiger partial charge on any atom is -0.294 e. The molecule has 0 spiro atoms. The second-order valence-electron chi connectivity index (χ2n) is 5.04. The Kier molecular flexibility index (Phi) is 4.69. The van der Waals surface area contributed by atoms with E-state index in [0.29, 0.717) is 10.0 Å². The van der Waals surface area contributed by atoms with Gasteiger partial charge >= 0.3 is 0 Å². The van der Waals surface area contributed by atoms with Gasteiger partial charge in [0, 0.05) is 37.8 Å². The van der Waals surface area contributed by atoms with Crippen molar-refractivity contribution < 1.29 is 0 Å². The molecule has 0 radical (unpaired) electrons. The van der Waals surface area contributed by atoms with Gasteiger partial charge in [0.25, 0.3) is 0 Å². The summed E-state index contributed by atoms with van der Waals surface area (Å²) in [5.41, 5.74) is 3.58. The van der Waals surface area contributed by atoms with E-state index < -0.39 is 0 Å². The first-order valence-electron chi connectivity index (χ1n) is 6.71. The van der Waals surface area contributed by atoms with Gasteiger partial charge in [-0.15, -0.1) is 0 Å². The number of hydrogen-bond donors (Lipinski definition) is 0. The first-order chi connectivity index (χ1) is 10.2. The molecule has 110 valence electrons. The lowest BCUT2D eigenvalue weighted by Crippen LogP contribution is -2.30. The minimum atomic E-state index is 0.599. The molecule has 3 rings (SSSR count). The number of thioether (sulfide) groups is 1. The second kappa shape index (κ2) is 6.53. The van der Waals surface area contributed by atoms with E-state index in [4.69, 9.17) is 23.2 Å². The molecule has 1 aliphatic heterocycles. The minimum absolute atomic E-state index is 0.599. The van der Waals surface area contributed by atoms with Crippen molar-refractivity contribution in [3.05, 3.63) is 51.3 Å². The molecule has 0 atom stereocenters. The third kappa shape index (κ3) is 3.51. The highest BCUT2D eigenvalue weighted by Crippen LogP contribution is 2.25. The van der Waals surface area contributed by atoms with E-state index in [1.165, 1.54) is 16.8 Å².